The van der Waals surface area contributed by atoms with Gasteiger partial charge >= 0.3 is 0 Å². The number of halogens is 2. The first kappa shape index (κ1) is 22.8. The lowest BCUT2D eigenvalue weighted by Crippen LogP contribution is -1.96. The van der Waals surface area contributed by atoms with Crippen molar-refractivity contribution in [3.63, 3.8) is 0 Å². The smallest absolute Gasteiger partial charge is 0.294 e. The van der Waals surface area contributed by atoms with Crippen molar-refractivity contribution in [2.24, 2.45) is 0 Å². The zero-order valence-electron chi connectivity index (χ0n) is 9.24. The van der Waals surface area contributed by atoms with Crippen LogP contribution in [0.25, 0.3) is 0 Å². The van der Waals surface area contributed by atoms with E-state index in [0.29, 0.717) is 0 Å². The second kappa shape index (κ2) is 13.0. The van der Waals surface area contributed by atoms with Crippen molar-refractivity contribution in [3.8, 4) is 0 Å². The van der Waals surface area contributed by atoms with Gasteiger partial charge in [-0.2, -0.15) is 16.8 Å². The fraction of sp³-hybridized carbons (Fsp3) is 1.00. The fourth-order valence-electron chi connectivity index (χ4n) is 0.224. The molecule has 4 N–H and O–H groups in total. The van der Waals surface area contributed by atoms with Crippen LogP contribution in [0.1, 0.15) is 12.8 Å². The third-order valence-electron chi connectivity index (χ3n) is 0.842. The van der Waals surface area contributed by atoms with Gasteiger partial charge in [0.1, 0.15) is 0 Å². The summed E-state index contributed by atoms with van der Waals surface area (Å²) in [7, 11) is -8.66. The van der Waals surface area contributed by atoms with Gasteiger partial charge < -0.3 is 10.2 Å². The molecule has 0 aliphatic rings. The highest BCUT2D eigenvalue weighted by Crippen LogP contribution is 1.80. The predicted molar refractivity (Wildman–Crippen MR) is 58.5 cm³/mol. The SMILES string of the molecule is O=S(=O)(O)CF.O=S(=O)(O)CF.OCCCCO. The maximum atomic E-state index is 10.7. The number of aliphatic hydroxyl groups excluding tert-OH is 2. The van der Waals surface area contributed by atoms with Gasteiger partial charge in [0.2, 0.25) is 12.0 Å². The molecule has 0 rings (SSSR count). The molecule has 0 aliphatic heterocycles. The highest BCUT2D eigenvalue weighted by Gasteiger charge is 1.98. The Kier molecular flexibility index (Phi) is 16.5. The predicted octanol–water partition coefficient (Wildman–Crippen LogP) is -0.646. The van der Waals surface area contributed by atoms with Crippen LogP contribution in [0.3, 0.4) is 0 Å². The Bertz CT molecular complexity index is 316. The molecule has 0 bridgehead atoms. The Morgan fingerprint density at radius 2 is 0.889 bits per heavy atom. The van der Waals surface area contributed by atoms with Crippen molar-refractivity contribution in [3.05, 3.63) is 0 Å². The molecule has 0 fully saturated rings. The van der Waals surface area contributed by atoms with Crippen molar-refractivity contribution in [1.82, 2.24) is 0 Å². The van der Waals surface area contributed by atoms with Gasteiger partial charge in [-0.3, -0.25) is 9.11 Å². The van der Waals surface area contributed by atoms with Crippen LogP contribution < -0.4 is 0 Å². The van der Waals surface area contributed by atoms with Crippen molar-refractivity contribution in [1.29, 1.82) is 0 Å². The van der Waals surface area contributed by atoms with Gasteiger partial charge in [-0.05, 0) is 12.8 Å². The Morgan fingerprint density at radius 3 is 0.944 bits per heavy atom. The van der Waals surface area contributed by atoms with Gasteiger partial charge in [-0.25, -0.2) is 8.78 Å². The van der Waals surface area contributed by atoms with Gasteiger partial charge in [0, 0.05) is 13.2 Å². The number of hydrogen-bond acceptors (Lipinski definition) is 6. The first-order valence-electron chi connectivity index (χ1n) is 4.28. The monoisotopic (exact) mass is 318 g/mol. The van der Waals surface area contributed by atoms with Crippen molar-refractivity contribution < 1.29 is 44.9 Å². The zero-order valence-corrected chi connectivity index (χ0v) is 10.9. The maximum absolute atomic E-state index is 10.7. The molecule has 0 aromatic heterocycles. The van der Waals surface area contributed by atoms with Gasteiger partial charge in [0.15, 0.2) is 0 Å². The summed E-state index contributed by atoms with van der Waals surface area (Å²) >= 11 is 0. The van der Waals surface area contributed by atoms with Gasteiger partial charge in [0.05, 0.1) is 0 Å². The second-order valence-electron chi connectivity index (χ2n) is 2.54. The maximum Gasteiger partial charge on any atom is 0.294 e. The largest absolute Gasteiger partial charge is 0.396 e. The van der Waals surface area contributed by atoms with Crippen LogP contribution in [0.15, 0.2) is 0 Å². The first-order chi connectivity index (χ1) is 8.04. The topological polar surface area (TPSA) is 149 Å². The van der Waals surface area contributed by atoms with E-state index in [4.69, 9.17) is 19.3 Å². The number of rotatable bonds is 5. The summed E-state index contributed by atoms with van der Waals surface area (Å²) in [6.45, 7) is 0.390. The molecular formula is C6H16F2O8S2. The van der Waals surface area contributed by atoms with Crippen LogP contribution in [-0.2, 0) is 20.2 Å². The molecule has 0 saturated carbocycles. The van der Waals surface area contributed by atoms with Crippen LogP contribution in [0, 0.1) is 0 Å². The molecule has 0 atom stereocenters. The van der Waals surface area contributed by atoms with E-state index in [0.717, 1.165) is 12.8 Å². The summed E-state index contributed by atoms with van der Waals surface area (Å²) in [4.78, 5) is 0. The zero-order chi connectivity index (χ0) is 15.2. The van der Waals surface area contributed by atoms with E-state index in [1.54, 1.807) is 0 Å². The van der Waals surface area contributed by atoms with Crippen LogP contribution in [0.2, 0.25) is 0 Å². The molecule has 0 radical (unpaired) electrons. The Hall–Kier alpha value is -0.400. The Morgan fingerprint density at radius 1 is 0.722 bits per heavy atom. The number of aliphatic hydroxyl groups is 2. The molecular weight excluding hydrogens is 302 g/mol. The molecule has 0 amide bonds. The molecule has 0 spiro atoms. The van der Waals surface area contributed by atoms with E-state index in [2.05, 4.69) is 0 Å². The molecule has 0 aromatic rings. The van der Waals surface area contributed by atoms with Crippen molar-refractivity contribution >= 4 is 20.2 Å². The van der Waals surface area contributed by atoms with Crippen LogP contribution in [0.4, 0.5) is 8.78 Å². The lowest BCUT2D eigenvalue weighted by atomic mass is 10.3. The Labute approximate surface area is 104 Å². The average Bonchev–Trinajstić information content (AvgIpc) is 2.26. The third kappa shape index (κ3) is 45.0. The van der Waals surface area contributed by atoms with Gasteiger partial charge in [-0.15, -0.1) is 0 Å². The molecule has 18 heavy (non-hydrogen) atoms. The van der Waals surface area contributed by atoms with E-state index in [9.17, 15) is 25.6 Å². The third-order valence-corrected chi connectivity index (χ3v) is 1.39. The minimum atomic E-state index is -4.33. The van der Waals surface area contributed by atoms with Crippen molar-refractivity contribution in [2.75, 3.05) is 25.2 Å². The summed E-state index contributed by atoms with van der Waals surface area (Å²) in [6, 6.07) is -3.40. The minimum Gasteiger partial charge on any atom is -0.396 e. The molecule has 0 unspecified atom stereocenters. The first-order valence-corrected chi connectivity index (χ1v) is 7.49. The highest BCUT2D eigenvalue weighted by molar-refractivity contribution is 7.85. The van der Waals surface area contributed by atoms with Crippen LogP contribution in [-0.4, -0.2) is 61.4 Å². The van der Waals surface area contributed by atoms with E-state index >= 15 is 0 Å². The molecule has 12 heteroatoms. The quantitative estimate of drug-likeness (QED) is 0.386. The van der Waals surface area contributed by atoms with E-state index in [-0.39, 0.29) is 13.2 Å². The molecule has 0 aromatic carbocycles. The lowest BCUT2D eigenvalue weighted by molar-refractivity contribution is 0.242. The number of unbranched alkanes of at least 4 members (excludes halogenated alkanes) is 1. The van der Waals surface area contributed by atoms with Crippen molar-refractivity contribution in [2.45, 2.75) is 12.8 Å². The molecule has 0 heterocycles. The number of alkyl halides is 2. The fourth-order valence-corrected chi connectivity index (χ4v) is 0.224. The lowest BCUT2D eigenvalue weighted by Gasteiger charge is -1.85. The van der Waals surface area contributed by atoms with Gasteiger partial charge in [0.25, 0.3) is 20.2 Å². The second-order valence-corrected chi connectivity index (χ2v) is 5.30. The summed E-state index contributed by atoms with van der Waals surface area (Å²) < 4.78 is 72.9. The van der Waals surface area contributed by atoms with Crippen LogP contribution in [0.5, 0.6) is 0 Å². The minimum absolute atomic E-state index is 0.195. The standard InChI is InChI=1S/C4H10O2.2CH3FO3S/c5-3-1-2-4-6;2*2-1-6(3,4)5/h5-6H,1-4H2;2*1H2,(H,3,4,5). The summed E-state index contributed by atoms with van der Waals surface area (Å²) in [6.07, 6.45) is 1.44. The van der Waals surface area contributed by atoms with Gasteiger partial charge in [-0.1, -0.05) is 0 Å². The number of hydrogen-bond donors (Lipinski definition) is 4. The molecule has 114 valence electrons. The Balaban J connectivity index is -0.000000187. The summed E-state index contributed by atoms with van der Waals surface area (Å²) in [5, 5.41) is 16.2. The summed E-state index contributed by atoms with van der Waals surface area (Å²) in [5.74, 6) is 0. The average molecular weight is 318 g/mol. The molecule has 0 aliphatic carbocycles. The highest BCUT2D eigenvalue weighted by atomic mass is 32.2. The van der Waals surface area contributed by atoms with Crippen LogP contribution >= 0.6 is 0 Å². The normalized spacial score (nSPS) is 10.8. The van der Waals surface area contributed by atoms with E-state index in [1.807, 2.05) is 0 Å². The molecule has 8 nitrogen and oxygen atoms in total. The molecule has 0 saturated heterocycles. The van der Waals surface area contributed by atoms with E-state index in [1.165, 1.54) is 0 Å². The van der Waals surface area contributed by atoms with E-state index < -0.39 is 32.2 Å². The summed E-state index contributed by atoms with van der Waals surface area (Å²) in [5.41, 5.74) is 0.